The summed E-state index contributed by atoms with van der Waals surface area (Å²) in [5, 5.41) is 13.4. The van der Waals surface area contributed by atoms with E-state index in [1.54, 1.807) is 0 Å². The normalized spacial score (nSPS) is 13.9. The number of alkyl halides is 1. The summed E-state index contributed by atoms with van der Waals surface area (Å²) in [6, 6.07) is 3.93. The summed E-state index contributed by atoms with van der Waals surface area (Å²) in [5.41, 5.74) is 0.470. The predicted octanol–water partition coefficient (Wildman–Crippen LogP) is 0.927. The van der Waals surface area contributed by atoms with Crippen LogP contribution in [-0.2, 0) is 16.4 Å². The average Bonchev–Trinajstić information content (AvgIpc) is 2.05. The lowest BCUT2D eigenvalue weighted by Gasteiger charge is -2.06. The Bertz CT molecular complexity index is 461. The van der Waals surface area contributed by atoms with Crippen LogP contribution in [0.3, 0.4) is 0 Å². The zero-order valence-corrected chi connectivity index (χ0v) is 9.92. The summed E-state index contributed by atoms with van der Waals surface area (Å²) in [6.07, 6.45) is -2.17. The molecule has 0 bridgehead atoms. The molecule has 0 aliphatic carbocycles. The Kier molecular flexibility index (Phi) is 3.82. The van der Waals surface area contributed by atoms with Gasteiger partial charge >= 0.3 is 0 Å². The van der Waals surface area contributed by atoms with Crippen molar-refractivity contribution in [3.63, 3.8) is 0 Å². The molecule has 0 saturated heterocycles. The zero-order valence-electron chi connectivity index (χ0n) is 7.52. The molecule has 1 aromatic carbocycles. The van der Waals surface area contributed by atoms with E-state index in [2.05, 4.69) is 15.9 Å². The number of benzene rings is 1. The number of rotatable bonds is 3. The van der Waals surface area contributed by atoms with Crippen LogP contribution in [-0.4, -0.2) is 19.9 Å². The third kappa shape index (κ3) is 3.53. The van der Waals surface area contributed by atoms with Crippen LogP contribution in [0, 0.1) is 0 Å². The van der Waals surface area contributed by atoms with Crippen LogP contribution in [0.1, 0.15) is 5.56 Å². The molecule has 0 spiro atoms. The van der Waals surface area contributed by atoms with Crippen LogP contribution in [0.15, 0.2) is 27.6 Å². The van der Waals surface area contributed by atoms with E-state index in [0.717, 1.165) is 0 Å². The number of hydrogen-bond donors (Lipinski definition) is 2. The molecular weight excluding hydrogens is 289 g/mol. The Morgan fingerprint density at radius 1 is 1.53 bits per heavy atom. The first-order chi connectivity index (χ1) is 6.80. The summed E-state index contributed by atoms with van der Waals surface area (Å²) in [5.74, 6) is 0. The van der Waals surface area contributed by atoms with E-state index in [1.165, 1.54) is 18.2 Å². The highest BCUT2D eigenvalue weighted by Crippen LogP contribution is 2.22. The topological polar surface area (TPSA) is 80.4 Å². The zero-order chi connectivity index (χ0) is 11.6. The minimum absolute atomic E-state index is 0.0635. The van der Waals surface area contributed by atoms with Gasteiger partial charge in [0.05, 0.1) is 4.90 Å². The maximum atomic E-state index is 12.3. The summed E-state index contributed by atoms with van der Waals surface area (Å²) in [6.45, 7) is 0. The van der Waals surface area contributed by atoms with Gasteiger partial charge in [-0.05, 0) is 17.7 Å². The van der Waals surface area contributed by atoms with E-state index in [4.69, 9.17) is 10.2 Å². The number of aliphatic hydroxyl groups excluding tert-OH is 1. The molecule has 0 saturated carbocycles. The highest BCUT2D eigenvalue weighted by atomic mass is 79.9. The predicted molar refractivity (Wildman–Crippen MR) is 56.3 cm³/mol. The van der Waals surface area contributed by atoms with Gasteiger partial charge in [0.2, 0.25) is 10.0 Å². The fourth-order valence-electron chi connectivity index (χ4n) is 1.05. The van der Waals surface area contributed by atoms with Gasteiger partial charge in [-0.1, -0.05) is 22.0 Å². The number of nitrogens with two attached hydrogens (primary N) is 1. The van der Waals surface area contributed by atoms with Gasteiger partial charge in [-0.3, -0.25) is 0 Å². The first-order valence-electron chi connectivity index (χ1n) is 3.94. The number of primary sulfonamides is 1. The average molecular weight is 298 g/mol. The second kappa shape index (κ2) is 4.56. The fraction of sp³-hybridized carbons (Fsp3) is 0.250. The number of hydrogen-bond acceptors (Lipinski definition) is 3. The molecule has 0 amide bonds. The maximum Gasteiger partial charge on any atom is 0.238 e. The molecule has 3 N–H and O–H groups in total. The van der Waals surface area contributed by atoms with Crippen molar-refractivity contribution in [2.24, 2.45) is 5.14 Å². The molecule has 1 unspecified atom stereocenters. The van der Waals surface area contributed by atoms with Gasteiger partial charge in [0.15, 0.2) is 6.36 Å². The van der Waals surface area contributed by atoms with Crippen molar-refractivity contribution in [1.82, 2.24) is 0 Å². The smallest absolute Gasteiger partial charge is 0.238 e. The molecule has 1 atom stereocenters. The number of sulfonamides is 1. The van der Waals surface area contributed by atoms with Crippen molar-refractivity contribution in [3.05, 3.63) is 28.2 Å². The first kappa shape index (κ1) is 12.6. The quantitative estimate of drug-likeness (QED) is 0.871. The summed E-state index contributed by atoms with van der Waals surface area (Å²) in [7, 11) is -3.76. The third-order valence-electron chi connectivity index (χ3n) is 1.74. The summed E-state index contributed by atoms with van der Waals surface area (Å²) >= 11 is 3.07. The lowest BCUT2D eigenvalue weighted by molar-refractivity contribution is 0.0428. The van der Waals surface area contributed by atoms with Crippen LogP contribution < -0.4 is 5.14 Å². The Balaban J connectivity index is 3.09. The summed E-state index contributed by atoms with van der Waals surface area (Å²) < 4.78 is 34.6. The van der Waals surface area contributed by atoms with Crippen LogP contribution in [0.5, 0.6) is 0 Å². The van der Waals surface area contributed by atoms with Gasteiger partial charge < -0.3 is 5.11 Å². The molecule has 1 aromatic rings. The van der Waals surface area contributed by atoms with Gasteiger partial charge in [-0.15, -0.1) is 0 Å². The molecule has 1 rings (SSSR count). The molecule has 15 heavy (non-hydrogen) atoms. The van der Waals surface area contributed by atoms with Crippen LogP contribution in [0.2, 0.25) is 0 Å². The monoisotopic (exact) mass is 297 g/mol. The van der Waals surface area contributed by atoms with E-state index in [9.17, 15) is 12.8 Å². The molecule has 4 nitrogen and oxygen atoms in total. The minimum atomic E-state index is -3.76. The largest absolute Gasteiger partial charge is 0.364 e. The molecule has 0 fully saturated rings. The van der Waals surface area contributed by atoms with Crippen molar-refractivity contribution < 1.29 is 17.9 Å². The minimum Gasteiger partial charge on any atom is -0.364 e. The molecule has 0 aromatic heterocycles. The molecule has 84 valence electrons. The lowest BCUT2D eigenvalue weighted by Crippen LogP contribution is -2.12. The maximum absolute atomic E-state index is 12.3. The third-order valence-corrected chi connectivity index (χ3v) is 3.39. The second-order valence-corrected chi connectivity index (χ2v) is 5.35. The van der Waals surface area contributed by atoms with Crippen LogP contribution in [0.4, 0.5) is 4.39 Å². The van der Waals surface area contributed by atoms with Crippen molar-refractivity contribution in [3.8, 4) is 0 Å². The Morgan fingerprint density at radius 2 is 2.13 bits per heavy atom. The SMILES string of the molecule is NS(=O)(=O)c1ccc(CC(O)F)c(Br)c1. The Labute approximate surface area is 95.1 Å². The molecule has 0 aliphatic heterocycles. The van der Waals surface area contributed by atoms with Gasteiger partial charge in [-0.25, -0.2) is 17.9 Å². The van der Waals surface area contributed by atoms with E-state index >= 15 is 0 Å². The Morgan fingerprint density at radius 3 is 2.53 bits per heavy atom. The van der Waals surface area contributed by atoms with Crippen LogP contribution in [0.25, 0.3) is 0 Å². The van der Waals surface area contributed by atoms with Crippen molar-refractivity contribution in [2.75, 3.05) is 0 Å². The number of aliphatic hydroxyl groups is 1. The van der Waals surface area contributed by atoms with Gasteiger partial charge in [-0.2, -0.15) is 0 Å². The molecule has 0 heterocycles. The van der Waals surface area contributed by atoms with Crippen LogP contribution >= 0.6 is 15.9 Å². The van der Waals surface area contributed by atoms with Gasteiger partial charge in [0, 0.05) is 10.9 Å². The van der Waals surface area contributed by atoms with Crippen molar-refractivity contribution in [1.29, 1.82) is 0 Å². The van der Waals surface area contributed by atoms with E-state index in [1.807, 2.05) is 0 Å². The van der Waals surface area contributed by atoms with Crippen molar-refractivity contribution >= 4 is 26.0 Å². The standard InChI is InChI=1S/C8H9BrFNO3S/c9-7-4-6(15(11,13)14)2-1-5(7)3-8(10)12/h1-2,4,8,12H,3H2,(H2,11,13,14). The molecule has 0 radical (unpaired) electrons. The molecular formula is C8H9BrFNO3S. The number of halogens is 2. The Hall–Kier alpha value is -0.500. The van der Waals surface area contributed by atoms with Gasteiger partial charge in [0.1, 0.15) is 0 Å². The van der Waals surface area contributed by atoms with E-state index in [0.29, 0.717) is 10.0 Å². The highest BCUT2D eigenvalue weighted by molar-refractivity contribution is 9.10. The first-order valence-corrected chi connectivity index (χ1v) is 6.28. The highest BCUT2D eigenvalue weighted by Gasteiger charge is 2.12. The lowest BCUT2D eigenvalue weighted by atomic mass is 10.1. The second-order valence-electron chi connectivity index (χ2n) is 2.94. The summed E-state index contributed by atoms with van der Waals surface area (Å²) in [4.78, 5) is -0.0635. The molecule has 0 aliphatic rings. The van der Waals surface area contributed by atoms with E-state index in [-0.39, 0.29) is 11.3 Å². The fourth-order valence-corrected chi connectivity index (χ4v) is 2.28. The van der Waals surface area contributed by atoms with E-state index < -0.39 is 16.4 Å². The van der Waals surface area contributed by atoms with Crippen molar-refractivity contribution in [2.45, 2.75) is 17.7 Å². The molecule has 7 heteroatoms. The van der Waals surface area contributed by atoms with Gasteiger partial charge in [0.25, 0.3) is 0 Å².